The molecular weight excluding hydrogens is 250 g/mol. The second-order valence-corrected chi connectivity index (χ2v) is 3.11. The summed E-state index contributed by atoms with van der Waals surface area (Å²) in [5, 5.41) is 27.8. The molecule has 0 rings (SSSR count). The van der Waals surface area contributed by atoms with Crippen molar-refractivity contribution in [3.8, 4) is 0 Å². The Balaban J connectivity index is -0.0000000406. The van der Waals surface area contributed by atoms with Crippen LogP contribution in [-0.2, 0) is 4.79 Å². The Kier molecular flexibility index (Phi) is 82.6. The van der Waals surface area contributed by atoms with E-state index in [2.05, 4.69) is 6.92 Å². The molecule has 0 atom stereocenters. The van der Waals surface area contributed by atoms with Gasteiger partial charge in [0, 0.05) is 5.97 Å². The van der Waals surface area contributed by atoms with Gasteiger partial charge in [0.1, 0.15) is 0 Å². The van der Waals surface area contributed by atoms with Crippen molar-refractivity contribution >= 4 is 5.97 Å². The Hall–Kier alpha value is -0.730. The van der Waals surface area contributed by atoms with Crippen molar-refractivity contribution in [1.82, 2.24) is 18.5 Å². The highest BCUT2D eigenvalue weighted by Crippen LogP contribution is 2.03. The highest BCUT2D eigenvalue weighted by Gasteiger charge is 1.88. The molecule has 19 heavy (non-hydrogen) atoms. The SMILES string of the molecule is CCCCCCCC(=O)[O-].CC[O-].CC[O-].[NH4+].[NH4+].[NH4+]. The maximum Gasteiger partial charge on any atom is 0.0414 e. The third-order valence-corrected chi connectivity index (χ3v) is 1.48. The number of rotatable bonds is 6. The molecule has 0 aliphatic carbocycles. The third-order valence-electron chi connectivity index (χ3n) is 1.48. The van der Waals surface area contributed by atoms with E-state index in [4.69, 9.17) is 10.2 Å². The molecule has 0 saturated heterocycles. The number of hydrogen-bond acceptors (Lipinski definition) is 4. The first-order valence-electron chi connectivity index (χ1n) is 5.96. The van der Waals surface area contributed by atoms with Crippen LogP contribution in [0.3, 0.4) is 0 Å². The van der Waals surface area contributed by atoms with Crippen LogP contribution in [0, 0.1) is 0 Å². The van der Waals surface area contributed by atoms with Gasteiger partial charge < -0.3 is 38.6 Å². The minimum Gasteiger partial charge on any atom is -0.855 e. The van der Waals surface area contributed by atoms with Gasteiger partial charge in [0.2, 0.25) is 0 Å². The van der Waals surface area contributed by atoms with E-state index in [9.17, 15) is 9.90 Å². The summed E-state index contributed by atoms with van der Waals surface area (Å²) in [6, 6.07) is 0. The first-order valence-corrected chi connectivity index (χ1v) is 5.96. The summed E-state index contributed by atoms with van der Waals surface area (Å²) in [4.78, 5) is 9.92. The van der Waals surface area contributed by atoms with E-state index in [1.165, 1.54) is 12.8 Å². The number of hydrogen-bond donors (Lipinski definition) is 3. The van der Waals surface area contributed by atoms with Crippen molar-refractivity contribution < 1.29 is 20.1 Å². The van der Waals surface area contributed by atoms with Crippen molar-refractivity contribution in [3.05, 3.63) is 0 Å². The van der Waals surface area contributed by atoms with Gasteiger partial charge in [0.15, 0.2) is 0 Å². The summed E-state index contributed by atoms with van der Waals surface area (Å²) in [5.41, 5.74) is 0. The molecule has 0 spiro atoms. The smallest absolute Gasteiger partial charge is 0.0414 e. The van der Waals surface area contributed by atoms with Gasteiger partial charge in [-0.2, -0.15) is 0 Å². The molecule has 124 valence electrons. The molecule has 0 bridgehead atoms. The molecule has 7 nitrogen and oxygen atoms in total. The first-order chi connectivity index (χ1) is 7.60. The maximum atomic E-state index is 9.92. The zero-order chi connectivity index (χ0) is 13.2. The normalized spacial score (nSPS) is 7.00. The number of carbonyl (C=O) groups is 1. The second kappa shape index (κ2) is 43.3. The fourth-order valence-electron chi connectivity index (χ4n) is 0.873. The molecule has 7 heteroatoms. The summed E-state index contributed by atoms with van der Waals surface area (Å²) in [6.07, 6.45) is 5.61. The summed E-state index contributed by atoms with van der Waals surface area (Å²) in [5.74, 6) is -0.920. The molecule has 0 aromatic rings. The molecule has 12 N–H and O–H groups in total. The minimum absolute atomic E-state index is 0. The molecule has 0 aromatic heterocycles. The van der Waals surface area contributed by atoms with Crippen LogP contribution in [0.4, 0.5) is 0 Å². The van der Waals surface area contributed by atoms with Gasteiger partial charge in [0.25, 0.3) is 0 Å². The van der Waals surface area contributed by atoms with Crippen molar-refractivity contribution in [2.45, 2.75) is 59.3 Å². The molecule has 0 fully saturated rings. The Morgan fingerprint density at radius 1 is 0.789 bits per heavy atom. The van der Waals surface area contributed by atoms with Crippen molar-refractivity contribution in [1.29, 1.82) is 0 Å². The topological polar surface area (TPSA) is 196 Å². The number of quaternary nitrogens is 3. The fraction of sp³-hybridized carbons (Fsp3) is 0.917. The molecule has 0 radical (unpaired) electrons. The van der Waals surface area contributed by atoms with Gasteiger partial charge in [-0.1, -0.05) is 46.5 Å². The van der Waals surface area contributed by atoms with E-state index in [-0.39, 0.29) is 38.1 Å². The minimum atomic E-state index is -0.920. The lowest BCUT2D eigenvalue weighted by Gasteiger charge is -2.00. The van der Waals surface area contributed by atoms with Crippen LogP contribution in [0.5, 0.6) is 0 Å². The van der Waals surface area contributed by atoms with Crippen molar-refractivity contribution in [2.75, 3.05) is 13.2 Å². The summed E-state index contributed by atoms with van der Waals surface area (Å²) in [6.45, 7) is 5.28. The molecule has 0 unspecified atom stereocenters. The molecule has 0 aliphatic rings. The predicted molar refractivity (Wildman–Crippen MR) is 77.4 cm³/mol. The second-order valence-electron chi connectivity index (χ2n) is 3.11. The van der Waals surface area contributed by atoms with Crippen LogP contribution in [-0.4, -0.2) is 19.2 Å². The average molecular weight is 287 g/mol. The first kappa shape index (κ1) is 36.2. The largest absolute Gasteiger partial charge is 0.855 e. The lowest BCUT2D eigenvalue weighted by atomic mass is 10.1. The van der Waals surface area contributed by atoms with Crippen molar-refractivity contribution in [2.24, 2.45) is 0 Å². The molecule has 0 heterocycles. The van der Waals surface area contributed by atoms with Gasteiger partial charge in [-0.3, -0.25) is 0 Å². The zero-order valence-electron chi connectivity index (χ0n) is 13.8. The fourth-order valence-corrected chi connectivity index (χ4v) is 0.873. The van der Waals surface area contributed by atoms with Crippen LogP contribution >= 0.6 is 0 Å². The van der Waals surface area contributed by atoms with Crippen molar-refractivity contribution in [3.63, 3.8) is 0 Å². The van der Waals surface area contributed by atoms with E-state index in [1.807, 2.05) is 0 Å². The lowest BCUT2D eigenvalue weighted by molar-refractivity contribution is -0.362. The third kappa shape index (κ3) is 102. The molecule has 0 aromatic carbocycles. The Labute approximate surface area is 118 Å². The van der Waals surface area contributed by atoms with Gasteiger partial charge in [-0.05, 0) is 12.8 Å². The summed E-state index contributed by atoms with van der Waals surface area (Å²) >= 11 is 0. The van der Waals surface area contributed by atoms with Crippen LogP contribution in [0.25, 0.3) is 0 Å². The van der Waals surface area contributed by atoms with E-state index in [1.54, 1.807) is 13.8 Å². The Morgan fingerprint density at radius 3 is 1.37 bits per heavy atom. The Morgan fingerprint density at radius 2 is 1.11 bits per heavy atom. The lowest BCUT2D eigenvalue weighted by Crippen LogP contribution is -2.21. The van der Waals surface area contributed by atoms with Gasteiger partial charge in [-0.15, -0.1) is 13.2 Å². The monoisotopic (exact) mass is 287 g/mol. The average Bonchev–Trinajstić information content (AvgIpc) is 2.19. The van der Waals surface area contributed by atoms with E-state index >= 15 is 0 Å². The summed E-state index contributed by atoms with van der Waals surface area (Å²) in [7, 11) is 0. The highest BCUT2D eigenvalue weighted by atomic mass is 16.4. The van der Waals surface area contributed by atoms with E-state index in [0.29, 0.717) is 0 Å². The Bertz CT molecular complexity index is 126. The van der Waals surface area contributed by atoms with Crippen LogP contribution in [0.1, 0.15) is 59.3 Å². The highest BCUT2D eigenvalue weighted by molar-refractivity contribution is 5.63. The molecular formula is C12H37N3O4. The number of aliphatic carboxylic acids is 1. The number of carbonyl (C=O) groups excluding carboxylic acids is 1. The standard InChI is InChI=1S/C8H16O2.2C2H5O.3H3N/c1-2-3-4-5-6-7-8(9)10;2*1-2-3;;;/h2-7H2,1H3,(H,9,10);2*2H2,1H3;3*1H3/q;2*-1;;;/p+2. The van der Waals surface area contributed by atoms with E-state index < -0.39 is 5.97 Å². The number of carboxylic acid groups (broad SMARTS) is 1. The number of carboxylic acids is 1. The number of unbranched alkanes of at least 4 members (excludes halogenated alkanes) is 4. The molecule has 0 saturated carbocycles. The van der Waals surface area contributed by atoms with Gasteiger partial charge >= 0.3 is 0 Å². The zero-order valence-corrected chi connectivity index (χ0v) is 13.8. The quantitative estimate of drug-likeness (QED) is 0.611. The molecule has 0 amide bonds. The van der Waals surface area contributed by atoms with E-state index in [0.717, 1.165) is 19.3 Å². The maximum absolute atomic E-state index is 9.92. The van der Waals surface area contributed by atoms with Gasteiger partial charge in [-0.25, -0.2) is 0 Å². The van der Waals surface area contributed by atoms with Crippen LogP contribution in [0.15, 0.2) is 0 Å². The summed E-state index contributed by atoms with van der Waals surface area (Å²) < 4.78 is 0. The van der Waals surface area contributed by atoms with Gasteiger partial charge in [0.05, 0.1) is 0 Å². The van der Waals surface area contributed by atoms with Crippen LogP contribution < -0.4 is 33.8 Å². The molecule has 0 aliphatic heterocycles. The predicted octanol–water partition coefficient (Wildman–Crippen LogP) is 0.959. The van der Waals surface area contributed by atoms with Crippen LogP contribution in [0.2, 0.25) is 0 Å².